The summed E-state index contributed by atoms with van der Waals surface area (Å²) in [6.45, 7) is 9.36. The highest BCUT2D eigenvalue weighted by atomic mass is 16.5. The first-order valence-corrected chi connectivity index (χ1v) is 10.3. The molecular weight excluding hydrogens is 370 g/mol. The van der Waals surface area contributed by atoms with Crippen LogP contribution in [0.4, 0.5) is 0 Å². The molecule has 1 fully saturated rings. The number of nitrogens with zero attached hydrogens (tertiary/aromatic N) is 1. The Morgan fingerprint density at radius 3 is 2.66 bits per heavy atom. The van der Waals surface area contributed by atoms with E-state index in [-0.39, 0.29) is 23.9 Å². The zero-order valence-electron chi connectivity index (χ0n) is 17.9. The first kappa shape index (κ1) is 22.7. The molecule has 158 valence electrons. The molecule has 1 saturated carbocycles. The molecule has 2 rings (SSSR count). The Kier molecular flexibility index (Phi) is 7.60. The number of carbonyl (C=O) groups is 2. The van der Waals surface area contributed by atoms with Gasteiger partial charge < -0.3 is 15.0 Å². The summed E-state index contributed by atoms with van der Waals surface area (Å²) in [5.41, 5.74) is 1.59. The molecule has 2 N–H and O–H groups in total. The fraction of sp³-hybridized carbons (Fsp3) is 0.636. The number of aromatic nitrogens is 1. The summed E-state index contributed by atoms with van der Waals surface area (Å²) in [6, 6.07) is 2.01. The lowest BCUT2D eigenvalue weighted by molar-refractivity contribution is -0.155. The van der Waals surface area contributed by atoms with Gasteiger partial charge in [0, 0.05) is 18.2 Å². The van der Waals surface area contributed by atoms with Crippen molar-refractivity contribution < 1.29 is 14.3 Å². The fourth-order valence-electron chi connectivity index (χ4n) is 4.04. The van der Waals surface area contributed by atoms with Crippen molar-refractivity contribution in [2.45, 2.75) is 78.9 Å². The predicted octanol–water partition coefficient (Wildman–Crippen LogP) is 2.67. The molecule has 0 unspecified atom stereocenters. The van der Waals surface area contributed by atoms with Gasteiger partial charge in [0.1, 0.15) is 11.6 Å². The van der Waals surface area contributed by atoms with Gasteiger partial charge in [-0.3, -0.25) is 14.4 Å². The zero-order chi connectivity index (χ0) is 21.7. The molecule has 0 aliphatic heterocycles. The Labute approximate surface area is 171 Å². The van der Waals surface area contributed by atoms with Crippen molar-refractivity contribution in [3.8, 4) is 6.07 Å². The molecule has 7 heteroatoms. The van der Waals surface area contributed by atoms with Crippen molar-refractivity contribution in [3.63, 3.8) is 0 Å². The number of esters is 1. The van der Waals surface area contributed by atoms with E-state index in [2.05, 4.69) is 24.1 Å². The van der Waals surface area contributed by atoms with Crippen LogP contribution in [0.1, 0.15) is 68.8 Å². The van der Waals surface area contributed by atoms with Crippen LogP contribution >= 0.6 is 0 Å². The quantitative estimate of drug-likeness (QED) is 0.712. The van der Waals surface area contributed by atoms with Gasteiger partial charge in [0.25, 0.3) is 11.5 Å². The van der Waals surface area contributed by atoms with Gasteiger partial charge in [-0.05, 0) is 56.6 Å². The third kappa shape index (κ3) is 5.47. The molecular formula is C22H31N3O4. The second kappa shape index (κ2) is 9.73. The van der Waals surface area contributed by atoms with E-state index in [9.17, 15) is 14.4 Å². The number of amides is 1. The molecule has 4 atom stereocenters. The van der Waals surface area contributed by atoms with E-state index in [1.807, 2.05) is 6.07 Å². The summed E-state index contributed by atoms with van der Waals surface area (Å²) in [5.74, 6) is 0.207. The van der Waals surface area contributed by atoms with Crippen LogP contribution < -0.4 is 10.9 Å². The maximum atomic E-state index is 12.4. The summed E-state index contributed by atoms with van der Waals surface area (Å²) < 4.78 is 5.31. The molecule has 1 aromatic rings. The normalized spacial score (nSPS) is 22.4. The molecule has 0 saturated heterocycles. The van der Waals surface area contributed by atoms with E-state index in [0.717, 1.165) is 18.4 Å². The predicted molar refractivity (Wildman–Crippen MR) is 109 cm³/mol. The number of nitriles is 1. The Bertz CT molecular complexity index is 868. The molecule has 0 spiro atoms. The number of nitrogens with one attached hydrogen (secondary N) is 2. The number of aryl methyl sites for hydroxylation is 1. The van der Waals surface area contributed by atoms with E-state index >= 15 is 0 Å². The summed E-state index contributed by atoms with van der Waals surface area (Å²) >= 11 is 0. The van der Waals surface area contributed by atoms with Crippen LogP contribution in [0.25, 0.3) is 0 Å². The molecule has 1 amide bonds. The number of aromatic amines is 1. The van der Waals surface area contributed by atoms with Gasteiger partial charge in [-0.1, -0.05) is 26.7 Å². The lowest BCUT2D eigenvalue weighted by Gasteiger charge is -2.35. The molecule has 1 aromatic heterocycles. The third-order valence-corrected chi connectivity index (χ3v) is 6.21. The molecule has 29 heavy (non-hydrogen) atoms. The maximum absolute atomic E-state index is 12.4. The van der Waals surface area contributed by atoms with Crippen LogP contribution in [0, 0.1) is 37.0 Å². The van der Waals surface area contributed by atoms with E-state index < -0.39 is 17.6 Å². The van der Waals surface area contributed by atoms with E-state index in [1.54, 1.807) is 20.8 Å². The number of H-pyrrole nitrogens is 1. The van der Waals surface area contributed by atoms with Crippen molar-refractivity contribution >= 4 is 11.9 Å². The van der Waals surface area contributed by atoms with Crippen LogP contribution in [0.5, 0.6) is 0 Å². The van der Waals surface area contributed by atoms with Crippen molar-refractivity contribution in [2.24, 2.45) is 11.8 Å². The lowest BCUT2D eigenvalue weighted by atomic mass is 9.78. The second-order valence-corrected chi connectivity index (χ2v) is 8.18. The highest BCUT2D eigenvalue weighted by Gasteiger charge is 2.30. The second-order valence-electron chi connectivity index (χ2n) is 8.18. The first-order chi connectivity index (χ1) is 13.6. The van der Waals surface area contributed by atoms with E-state index in [0.29, 0.717) is 29.5 Å². The number of rotatable bonds is 6. The summed E-state index contributed by atoms with van der Waals surface area (Å²) in [5, 5.41) is 12.2. The zero-order valence-corrected chi connectivity index (χ0v) is 17.9. The number of carbonyl (C=O) groups excluding carboxylic acids is 2. The number of pyridine rings is 1. The van der Waals surface area contributed by atoms with Gasteiger partial charge in [-0.15, -0.1) is 0 Å². The van der Waals surface area contributed by atoms with Crippen molar-refractivity contribution in [3.05, 3.63) is 32.7 Å². The average Bonchev–Trinajstić information content (AvgIpc) is 2.65. The van der Waals surface area contributed by atoms with Crippen LogP contribution in [-0.2, 0) is 20.7 Å². The van der Waals surface area contributed by atoms with Crippen LogP contribution in [0.2, 0.25) is 0 Å². The minimum absolute atomic E-state index is 0.0579. The van der Waals surface area contributed by atoms with Crippen molar-refractivity contribution in [1.82, 2.24) is 10.3 Å². The molecule has 1 aliphatic carbocycles. The van der Waals surface area contributed by atoms with Gasteiger partial charge in [0.2, 0.25) is 0 Å². The molecule has 0 bridgehead atoms. The third-order valence-electron chi connectivity index (χ3n) is 6.21. The monoisotopic (exact) mass is 401 g/mol. The summed E-state index contributed by atoms with van der Waals surface area (Å²) in [6.07, 6.45) is 2.74. The van der Waals surface area contributed by atoms with Crippen molar-refractivity contribution in [1.29, 1.82) is 5.26 Å². The maximum Gasteiger partial charge on any atom is 0.306 e. The molecule has 1 aliphatic rings. The average molecular weight is 402 g/mol. The minimum atomic E-state index is -0.862. The van der Waals surface area contributed by atoms with E-state index in [1.165, 1.54) is 6.42 Å². The Morgan fingerprint density at radius 1 is 1.31 bits per heavy atom. The Balaban J connectivity index is 1.92. The van der Waals surface area contributed by atoms with Crippen LogP contribution in [0.15, 0.2) is 4.79 Å². The highest BCUT2D eigenvalue weighted by molar-refractivity contribution is 5.83. The number of hydrogen-bond acceptors (Lipinski definition) is 5. The van der Waals surface area contributed by atoms with Gasteiger partial charge in [0.15, 0.2) is 6.10 Å². The minimum Gasteiger partial charge on any atom is -0.453 e. The largest absolute Gasteiger partial charge is 0.453 e. The molecule has 1 heterocycles. The standard InChI is InChI=1S/C22H31N3O4/c1-12-7-6-8-19(13(12)2)25-21(27)16(5)29-20(26)10-9-17-14(3)18(11-23)22(28)24-15(17)4/h12-13,16,19H,6-10H2,1-5H3,(H,24,28)(H,25,27)/t12-,13-,16-,19+/m0/s1. The Morgan fingerprint density at radius 2 is 2.00 bits per heavy atom. The van der Waals surface area contributed by atoms with Crippen LogP contribution in [-0.4, -0.2) is 29.0 Å². The first-order valence-electron chi connectivity index (χ1n) is 10.3. The molecule has 7 nitrogen and oxygen atoms in total. The molecule has 0 aromatic carbocycles. The van der Waals surface area contributed by atoms with Crippen LogP contribution in [0.3, 0.4) is 0 Å². The van der Waals surface area contributed by atoms with Gasteiger partial charge in [0.05, 0.1) is 0 Å². The van der Waals surface area contributed by atoms with Crippen molar-refractivity contribution in [2.75, 3.05) is 0 Å². The summed E-state index contributed by atoms with van der Waals surface area (Å²) in [4.78, 5) is 39.1. The van der Waals surface area contributed by atoms with Gasteiger partial charge in [-0.2, -0.15) is 5.26 Å². The van der Waals surface area contributed by atoms with E-state index in [4.69, 9.17) is 10.00 Å². The topological polar surface area (TPSA) is 112 Å². The number of ether oxygens (including phenoxy) is 1. The fourth-order valence-corrected chi connectivity index (χ4v) is 4.04. The highest BCUT2D eigenvalue weighted by Crippen LogP contribution is 2.29. The van der Waals surface area contributed by atoms with Gasteiger partial charge in [-0.25, -0.2) is 0 Å². The number of hydrogen-bond donors (Lipinski definition) is 2. The molecule has 0 radical (unpaired) electrons. The van der Waals surface area contributed by atoms with Gasteiger partial charge >= 0.3 is 5.97 Å². The smallest absolute Gasteiger partial charge is 0.306 e. The lowest BCUT2D eigenvalue weighted by Crippen LogP contribution is -2.47. The summed E-state index contributed by atoms with van der Waals surface area (Å²) in [7, 11) is 0. The SMILES string of the molecule is Cc1[nH]c(=O)c(C#N)c(C)c1CCC(=O)O[C@@H](C)C(=O)N[C@@H]1CCC[C@H](C)[C@@H]1C. The Hall–Kier alpha value is -2.62.